The molecule has 0 spiro atoms. The van der Waals surface area contributed by atoms with Crippen molar-refractivity contribution in [1.29, 1.82) is 0 Å². The summed E-state index contributed by atoms with van der Waals surface area (Å²) in [5, 5.41) is 12.0. The van der Waals surface area contributed by atoms with Gasteiger partial charge < -0.3 is 30.2 Å². The van der Waals surface area contributed by atoms with Gasteiger partial charge in [-0.15, -0.1) is 0 Å². The molecule has 4 N–H and O–H groups in total. The first-order valence-corrected chi connectivity index (χ1v) is 14.3. The summed E-state index contributed by atoms with van der Waals surface area (Å²) in [6.07, 6.45) is -5.94. The molecule has 45 heavy (non-hydrogen) atoms. The maximum absolute atomic E-state index is 13.1. The molecule has 1 aliphatic rings. The molecule has 18 heteroatoms. The third-order valence-electron chi connectivity index (χ3n) is 7.07. The Hall–Kier alpha value is -4.18. The number of carbonyl (C=O) groups is 2. The molecule has 4 aromatic rings. The van der Waals surface area contributed by atoms with Gasteiger partial charge in [0, 0.05) is 18.7 Å². The minimum absolute atomic E-state index is 0.00648. The number of benzene rings is 1. The Morgan fingerprint density at radius 1 is 1.09 bits per heavy atom. The van der Waals surface area contributed by atoms with Crippen LogP contribution in [0.15, 0.2) is 35.0 Å². The van der Waals surface area contributed by atoms with Crippen molar-refractivity contribution in [2.24, 2.45) is 5.92 Å². The predicted octanol–water partition coefficient (Wildman–Crippen LogP) is 6.42. The highest BCUT2D eigenvalue weighted by atomic mass is 35.5. The molecule has 0 bridgehead atoms. The van der Waals surface area contributed by atoms with Crippen molar-refractivity contribution < 1.29 is 40.8 Å². The largest absolute Gasteiger partial charge is 0.471 e. The van der Waals surface area contributed by atoms with E-state index in [1.54, 1.807) is 6.07 Å². The van der Waals surface area contributed by atoms with E-state index in [1.165, 1.54) is 24.4 Å². The fourth-order valence-electron chi connectivity index (χ4n) is 4.79. The van der Waals surface area contributed by atoms with E-state index in [0.29, 0.717) is 5.56 Å². The lowest BCUT2D eigenvalue weighted by atomic mass is 9.85. The molecular weight excluding hydrogens is 652 g/mol. The molecule has 0 radical (unpaired) electrons. The van der Waals surface area contributed by atoms with Gasteiger partial charge >= 0.3 is 6.18 Å². The van der Waals surface area contributed by atoms with Crippen LogP contribution in [0.3, 0.4) is 0 Å². The van der Waals surface area contributed by atoms with Crippen LogP contribution in [-0.4, -0.2) is 57.2 Å². The van der Waals surface area contributed by atoms with Gasteiger partial charge in [0.15, 0.2) is 12.3 Å². The van der Waals surface area contributed by atoms with Crippen molar-refractivity contribution in [2.75, 3.05) is 11.9 Å². The lowest BCUT2D eigenvalue weighted by Crippen LogP contribution is -2.40. The summed E-state index contributed by atoms with van der Waals surface area (Å²) in [5.74, 6) is -3.07. The number of H-pyrrole nitrogens is 1. The second-order valence-electron chi connectivity index (χ2n) is 10.1. The zero-order valence-corrected chi connectivity index (χ0v) is 24.5. The first-order chi connectivity index (χ1) is 21.4. The lowest BCUT2D eigenvalue weighted by Gasteiger charge is -2.30. The molecule has 1 saturated carbocycles. The van der Waals surface area contributed by atoms with Crippen LogP contribution >= 0.6 is 23.2 Å². The molecule has 0 atom stereocenters. The number of amides is 2. The number of imidazole rings is 1. The third kappa shape index (κ3) is 7.73. The molecule has 2 amide bonds. The number of halogens is 7. The van der Waals surface area contributed by atoms with Crippen molar-refractivity contribution in [3.05, 3.63) is 57.4 Å². The van der Waals surface area contributed by atoms with Gasteiger partial charge in [-0.05, 0) is 43.4 Å². The van der Waals surface area contributed by atoms with Crippen molar-refractivity contribution in [3.63, 3.8) is 0 Å². The number of hydrogen-bond donors (Lipinski definition) is 4. The van der Waals surface area contributed by atoms with Gasteiger partial charge in [0.05, 0.1) is 33.4 Å². The fourth-order valence-corrected chi connectivity index (χ4v) is 5.32. The topological polar surface area (TPSA) is 147 Å². The van der Waals surface area contributed by atoms with Gasteiger partial charge in [-0.1, -0.05) is 34.4 Å². The van der Waals surface area contributed by atoms with Gasteiger partial charge in [0.25, 0.3) is 18.2 Å². The fraction of sp³-hybridized carbons (Fsp3) is 0.370. The summed E-state index contributed by atoms with van der Waals surface area (Å²) >= 11 is 12.9. The smallest absolute Gasteiger partial charge is 0.391 e. The number of aromatic amines is 1. The molecule has 0 unspecified atom stereocenters. The van der Waals surface area contributed by atoms with E-state index in [4.69, 9.17) is 32.5 Å². The number of fused-ring (bicyclic) bond motifs is 1. The van der Waals surface area contributed by atoms with E-state index in [2.05, 4.69) is 36.1 Å². The number of pyridine rings is 1. The van der Waals surface area contributed by atoms with Crippen molar-refractivity contribution >= 4 is 57.8 Å². The first kappa shape index (κ1) is 32.2. The zero-order valence-electron chi connectivity index (χ0n) is 23.0. The Morgan fingerprint density at radius 2 is 1.84 bits per heavy atom. The molecular formula is C27H24Cl2F5N7O4. The average molecular weight is 676 g/mol. The molecule has 3 aromatic heterocycles. The van der Waals surface area contributed by atoms with Crippen molar-refractivity contribution in [3.8, 4) is 5.88 Å². The van der Waals surface area contributed by atoms with Crippen LogP contribution in [0.4, 0.5) is 33.6 Å². The average Bonchev–Trinajstić information content (AvgIpc) is 3.67. The van der Waals surface area contributed by atoms with E-state index in [9.17, 15) is 31.5 Å². The SMILES string of the molecule is O=C(NCc1ccc(Cl)c(Nc2nc3nc(OCC(F)F)c(C(=O)N[C@H]4CC[C@H](C(F)(F)F)CC4)cc3[nH]2)c1Cl)c1ccno1. The van der Waals surface area contributed by atoms with E-state index in [1.807, 2.05) is 0 Å². The summed E-state index contributed by atoms with van der Waals surface area (Å²) < 4.78 is 75.0. The van der Waals surface area contributed by atoms with Crippen molar-refractivity contribution in [2.45, 2.75) is 50.9 Å². The van der Waals surface area contributed by atoms with Crippen molar-refractivity contribution in [1.82, 2.24) is 30.7 Å². The Labute approximate surface area is 261 Å². The molecule has 1 aliphatic carbocycles. The standard InChI is InChI=1S/C27H24Cl2F5N7O4/c28-16-6-1-12(10-35-24(43)18-7-8-36-45-18)20(29)21(16)39-26-38-17-9-15(25(40-22(17)41-26)44-11-19(30)31)23(42)37-14-4-2-13(3-5-14)27(32,33)34/h1,6-9,13-14,19H,2-5,10-11H2,(H,35,43)(H,37,42)(H2,38,39,40,41)/t13-,14-. The Balaban J connectivity index is 1.35. The summed E-state index contributed by atoms with van der Waals surface area (Å²) in [6, 6.07) is 5.27. The van der Waals surface area contributed by atoms with Crippen LogP contribution in [0.2, 0.25) is 10.0 Å². The van der Waals surface area contributed by atoms with Gasteiger partial charge in [0.2, 0.25) is 17.6 Å². The molecule has 3 heterocycles. The summed E-state index contributed by atoms with van der Waals surface area (Å²) in [5.41, 5.74) is 0.682. The highest BCUT2D eigenvalue weighted by molar-refractivity contribution is 6.39. The monoisotopic (exact) mass is 675 g/mol. The number of nitrogens with zero attached hydrogens (tertiary/aromatic N) is 3. The predicted molar refractivity (Wildman–Crippen MR) is 152 cm³/mol. The number of nitrogens with one attached hydrogen (secondary N) is 4. The molecule has 0 saturated heterocycles. The Bertz CT molecular complexity index is 1680. The number of aromatic nitrogens is 4. The van der Waals surface area contributed by atoms with E-state index in [-0.39, 0.29) is 76.4 Å². The molecule has 11 nitrogen and oxygen atoms in total. The van der Waals surface area contributed by atoms with E-state index in [0.717, 1.165) is 0 Å². The summed E-state index contributed by atoms with van der Waals surface area (Å²) in [6.45, 7) is -1.05. The van der Waals surface area contributed by atoms with E-state index < -0.39 is 48.9 Å². The number of alkyl halides is 5. The number of rotatable bonds is 10. The molecule has 0 aliphatic heterocycles. The van der Waals surface area contributed by atoms with Gasteiger partial charge in [0.1, 0.15) is 5.56 Å². The van der Waals surface area contributed by atoms with Crippen LogP contribution in [0.1, 0.15) is 52.2 Å². The number of ether oxygens (including phenoxy) is 1. The highest BCUT2D eigenvalue weighted by Gasteiger charge is 2.41. The normalized spacial score (nSPS) is 17.0. The number of anilines is 2. The Morgan fingerprint density at radius 3 is 2.51 bits per heavy atom. The van der Waals surface area contributed by atoms with Crippen LogP contribution in [-0.2, 0) is 6.54 Å². The highest BCUT2D eigenvalue weighted by Crippen LogP contribution is 2.38. The van der Waals surface area contributed by atoms with Gasteiger partial charge in [-0.3, -0.25) is 9.59 Å². The minimum atomic E-state index is -4.31. The molecule has 5 rings (SSSR count). The van der Waals surface area contributed by atoms with Crippen LogP contribution < -0.4 is 20.7 Å². The summed E-state index contributed by atoms with van der Waals surface area (Å²) in [4.78, 5) is 36.7. The zero-order chi connectivity index (χ0) is 32.3. The number of hydrogen-bond acceptors (Lipinski definition) is 8. The lowest BCUT2D eigenvalue weighted by molar-refractivity contribution is -0.182. The second-order valence-corrected chi connectivity index (χ2v) is 10.9. The third-order valence-corrected chi connectivity index (χ3v) is 7.82. The van der Waals surface area contributed by atoms with Gasteiger partial charge in [-0.2, -0.15) is 23.1 Å². The Kier molecular flexibility index (Phi) is 9.62. The van der Waals surface area contributed by atoms with Gasteiger partial charge in [-0.25, -0.2) is 8.78 Å². The molecule has 240 valence electrons. The maximum Gasteiger partial charge on any atom is 0.391 e. The minimum Gasteiger partial charge on any atom is -0.471 e. The van der Waals surface area contributed by atoms with Crippen LogP contribution in [0.5, 0.6) is 5.88 Å². The summed E-state index contributed by atoms with van der Waals surface area (Å²) in [7, 11) is 0. The molecule has 1 aromatic carbocycles. The first-order valence-electron chi connectivity index (χ1n) is 13.5. The molecule has 1 fully saturated rings. The maximum atomic E-state index is 13.1. The van der Waals surface area contributed by atoms with Crippen LogP contribution in [0, 0.1) is 5.92 Å². The second kappa shape index (κ2) is 13.4. The van der Waals surface area contributed by atoms with Crippen LogP contribution in [0.25, 0.3) is 11.2 Å². The quantitative estimate of drug-likeness (QED) is 0.141. The number of carbonyl (C=O) groups excluding carboxylic acids is 2. The van der Waals surface area contributed by atoms with E-state index >= 15 is 0 Å².